The minimum absolute atomic E-state index is 0.868. The molecule has 0 aliphatic carbocycles. The van der Waals surface area contributed by atoms with Crippen molar-refractivity contribution in [3.05, 3.63) is 46.3 Å². The highest BCUT2D eigenvalue weighted by Gasteiger charge is 2.13. The second-order valence-electron chi connectivity index (χ2n) is 5.16. The van der Waals surface area contributed by atoms with Crippen molar-refractivity contribution in [2.45, 2.75) is 40.7 Å². The van der Waals surface area contributed by atoms with Gasteiger partial charge in [0.15, 0.2) is 0 Å². The van der Waals surface area contributed by atoms with Crippen molar-refractivity contribution in [1.82, 2.24) is 15.1 Å². The van der Waals surface area contributed by atoms with Crippen molar-refractivity contribution in [2.24, 2.45) is 0 Å². The number of hydrogen-bond acceptors (Lipinski definition) is 2. The van der Waals surface area contributed by atoms with Crippen LogP contribution in [0.4, 0.5) is 0 Å². The Morgan fingerprint density at radius 3 is 2.32 bits per heavy atom. The summed E-state index contributed by atoms with van der Waals surface area (Å²) < 4.78 is 2.11. The van der Waals surface area contributed by atoms with Crippen LogP contribution in [0.1, 0.15) is 34.9 Å². The van der Waals surface area contributed by atoms with Gasteiger partial charge >= 0.3 is 0 Å². The van der Waals surface area contributed by atoms with Gasteiger partial charge < -0.3 is 5.32 Å². The highest BCUT2D eigenvalue weighted by Crippen LogP contribution is 2.23. The van der Waals surface area contributed by atoms with Gasteiger partial charge in [-0.15, -0.1) is 0 Å². The lowest BCUT2D eigenvalue weighted by molar-refractivity contribution is 0.774. The molecule has 0 fully saturated rings. The zero-order valence-electron chi connectivity index (χ0n) is 12.5. The molecule has 102 valence electrons. The second kappa shape index (κ2) is 5.57. The molecule has 0 bridgehead atoms. The summed E-state index contributed by atoms with van der Waals surface area (Å²) in [5.41, 5.74) is 7.68. The highest BCUT2D eigenvalue weighted by atomic mass is 15.3. The predicted molar refractivity (Wildman–Crippen MR) is 79.9 cm³/mol. The first-order valence-electron chi connectivity index (χ1n) is 6.87. The van der Waals surface area contributed by atoms with Gasteiger partial charge in [0.05, 0.1) is 11.9 Å². The van der Waals surface area contributed by atoms with Crippen molar-refractivity contribution >= 4 is 0 Å². The van der Waals surface area contributed by atoms with Gasteiger partial charge in [0, 0.05) is 17.8 Å². The molecular formula is C16H23N3. The number of nitrogens with one attached hydrogen (secondary N) is 1. The Kier molecular flexibility index (Phi) is 4.05. The van der Waals surface area contributed by atoms with E-state index in [4.69, 9.17) is 0 Å². The summed E-state index contributed by atoms with van der Waals surface area (Å²) in [7, 11) is 1.97. The standard InChI is InChI=1S/C16H23N3/c1-6-15-14(9-17-5)10-18-19(15)16-12(3)7-11(2)8-13(16)4/h7-8,10,17H,6,9H2,1-5H3. The van der Waals surface area contributed by atoms with Crippen molar-refractivity contribution in [3.63, 3.8) is 0 Å². The summed E-state index contributed by atoms with van der Waals surface area (Å²) in [5.74, 6) is 0. The SMILES string of the molecule is CCc1c(CNC)cnn1-c1c(C)cc(C)cc1C. The molecule has 0 amide bonds. The molecule has 19 heavy (non-hydrogen) atoms. The third-order valence-corrected chi connectivity index (χ3v) is 3.50. The third kappa shape index (κ3) is 2.56. The molecule has 0 radical (unpaired) electrons. The average Bonchev–Trinajstić information content (AvgIpc) is 2.71. The molecule has 0 saturated carbocycles. The molecule has 0 unspecified atom stereocenters. The molecule has 0 saturated heterocycles. The lowest BCUT2D eigenvalue weighted by atomic mass is 10.0. The van der Waals surface area contributed by atoms with Crippen LogP contribution < -0.4 is 5.32 Å². The van der Waals surface area contributed by atoms with Gasteiger partial charge in [-0.1, -0.05) is 24.6 Å². The second-order valence-corrected chi connectivity index (χ2v) is 5.16. The van der Waals surface area contributed by atoms with Crippen molar-refractivity contribution < 1.29 is 0 Å². The molecule has 3 nitrogen and oxygen atoms in total. The molecule has 2 rings (SSSR count). The minimum atomic E-state index is 0.868. The first-order valence-corrected chi connectivity index (χ1v) is 6.87. The largest absolute Gasteiger partial charge is 0.316 e. The normalized spacial score (nSPS) is 11.0. The number of aromatic nitrogens is 2. The lowest BCUT2D eigenvalue weighted by Gasteiger charge is -2.14. The molecule has 2 aromatic rings. The summed E-state index contributed by atoms with van der Waals surface area (Å²) >= 11 is 0. The molecular weight excluding hydrogens is 234 g/mol. The van der Waals surface area contributed by atoms with Gasteiger partial charge in [-0.05, 0) is 45.4 Å². The van der Waals surface area contributed by atoms with E-state index in [0.717, 1.165) is 13.0 Å². The molecule has 0 aliphatic rings. The van der Waals surface area contributed by atoms with E-state index in [2.05, 4.69) is 54.9 Å². The van der Waals surface area contributed by atoms with E-state index in [0.29, 0.717) is 0 Å². The third-order valence-electron chi connectivity index (χ3n) is 3.50. The zero-order chi connectivity index (χ0) is 14.0. The van der Waals surface area contributed by atoms with Gasteiger partial charge in [0.1, 0.15) is 0 Å². The number of aryl methyl sites for hydroxylation is 3. The fourth-order valence-electron chi connectivity index (χ4n) is 2.82. The Labute approximate surface area is 115 Å². The van der Waals surface area contributed by atoms with Crippen LogP contribution in [0.25, 0.3) is 5.69 Å². The quantitative estimate of drug-likeness (QED) is 0.912. The topological polar surface area (TPSA) is 29.9 Å². The number of nitrogens with zero attached hydrogens (tertiary/aromatic N) is 2. The molecule has 1 aromatic heterocycles. The predicted octanol–water partition coefficient (Wildman–Crippen LogP) is 3.08. The Morgan fingerprint density at radius 2 is 1.79 bits per heavy atom. The molecule has 1 heterocycles. The minimum Gasteiger partial charge on any atom is -0.316 e. The summed E-state index contributed by atoms with van der Waals surface area (Å²) in [4.78, 5) is 0. The van der Waals surface area contributed by atoms with Crippen LogP contribution in [-0.2, 0) is 13.0 Å². The Balaban J connectivity index is 2.59. The van der Waals surface area contributed by atoms with Gasteiger partial charge in [0.25, 0.3) is 0 Å². The summed E-state index contributed by atoms with van der Waals surface area (Å²) in [6, 6.07) is 4.45. The van der Waals surface area contributed by atoms with Crippen molar-refractivity contribution in [1.29, 1.82) is 0 Å². The highest BCUT2D eigenvalue weighted by molar-refractivity contribution is 5.50. The molecule has 3 heteroatoms. The van der Waals surface area contributed by atoms with Crippen molar-refractivity contribution in [3.8, 4) is 5.69 Å². The molecule has 1 aromatic carbocycles. The zero-order valence-corrected chi connectivity index (χ0v) is 12.5. The number of hydrogen-bond donors (Lipinski definition) is 1. The Morgan fingerprint density at radius 1 is 1.16 bits per heavy atom. The summed E-state index contributed by atoms with van der Waals surface area (Å²) in [5, 5.41) is 7.81. The Hall–Kier alpha value is -1.61. The average molecular weight is 257 g/mol. The maximum absolute atomic E-state index is 4.60. The first-order chi connectivity index (χ1) is 9.08. The molecule has 1 N–H and O–H groups in total. The van der Waals surface area contributed by atoms with E-state index >= 15 is 0 Å². The fourth-order valence-corrected chi connectivity index (χ4v) is 2.82. The van der Waals surface area contributed by atoms with Crippen LogP contribution in [0.5, 0.6) is 0 Å². The molecule has 0 aliphatic heterocycles. The number of rotatable bonds is 4. The van der Waals surface area contributed by atoms with Gasteiger partial charge in [0.2, 0.25) is 0 Å². The molecule has 0 atom stereocenters. The van der Waals surface area contributed by atoms with Crippen LogP contribution in [0.15, 0.2) is 18.3 Å². The van der Waals surface area contributed by atoms with E-state index in [9.17, 15) is 0 Å². The van der Waals surface area contributed by atoms with E-state index < -0.39 is 0 Å². The van der Waals surface area contributed by atoms with E-state index in [1.807, 2.05) is 13.2 Å². The van der Waals surface area contributed by atoms with E-state index in [1.54, 1.807) is 0 Å². The maximum Gasteiger partial charge on any atom is 0.0707 e. The lowest BCUT2D eigenvalue weighted by Crippen LogP contribution is -2.10. The summed E-state index contributed by atoms with van der Waals surface area (Å²) in [6.45, 7) is 9.51. The smallest absolute Gasteiger partial charge is 0.0707 e. The van der Waals surface area contributed by atoms with Crippen LogP contribution in [-0.4, -0.2) is 16.8 Å². The van der Waals surface area contributed by atoms with Gasteiger partial charge in [-0.3, -0.25) is 0 Å². The molecule has 0 spiro atoms. The maximum atomic E-state index is 4.60. The monoisotopic (exact) mass is 257 g/mol. The fraction of sp³-hybridized carbons (Fsp3) is 0.438. The number of benzene rings is 1. The van der Waals surface area contributed by atoms with Gasteiger partial charge in [-0.2, -0.15) is 5.10 Å². The van der Waals surface area contributed by atoms with E-state index in [1.165, 1.54) is 33.6 Å². The van der Waals surface area contributed by atoms with Crippen LogP contribution in [0.2, 0.25) is 0 Å². The Bertz CT molecular complexity index is 559. The first kappa shape index (κ1) is 13.8. The van der Waals surface area contributed by atoms with Crippen molar-refractivity contribution in [2.75, 3.05) is 7.05 Å². The van der Waals surface area contributed by atoms with Gasteiger partial charge in [-0.25, -0.2) is 4.68 Å². The van der Waals surface area contributed by atoms with Crippen LogP contribution >= 0.6 is 0 Å². The van der Waals surface area contributed by atoms with Crippen LogP contribution in [0.3, 0.4) is 0 Å². The summed E-state index contributed by atoms with van der Waals surface area (Å²) in [6.07, 6.45) is 2.97. The van der Waals surface area contributed by atoms with Crippen LogP contribution in [0, 0.1) is 20.8 Å². The van der Waals surface area contributed by atoms with E-state index in [-0.39, 0.29) is 0 Å².